The van der Waals surface area contributed by atoms with E-state index in [1.165, 1.54) is 12.0 Å². The van der Waals surface area contributed by atoms with Crippen LogP contribution in [0.2, 0.25) is 0 Å². The Balaban J connectivity index is 1.32. The fourth-order valence-electron chi connectivity index (χ4n) is 4.97. The van der Waals surface area contributed by atoms with Gasteiger partial charge in [-0.2, -0.15) is 8.78 Å². The molecule has 0 aromatic heterocycles. The molecule has 1 nitrogen and oxygen atoms in total. The maximum absolute atomic E-state index is 15.0. The Morgan fingerprint density at radius 1 is 0.523 bits per heavy atom. The second kappa shape index (κ2) is 13.0. The molecule has 0 unspecified atom stereocenters. The molecule has 0 fully saturated rings. The summed E-state index contributed by atoms with van der Waals surface area (Å²) in [5.74, 6) is -7.28. The Kier molecular flexibility index (Phi) is 9.09. The summed E-state index contributed by atoms with van der Waals surface area (Å²) in [7, 11) is 0. The summed E-state index contributed by atoms with van der Waals surface area (Å²) >= 11 is 0. The Labute approximate surface area is 250 Å². The highest BCUT2D eigenvalue weighted by molar-refractivity contribution is 5.71. The second-order valence-corrected chi connectivity index (χ2v) is 10.4. The van der Waals surface area contributed by atoms with Gasteiger partial charge in [0.15, 0.2) is 11.6 Å². The summed E-state index contributed by atoms with van der Waals surface area (Å²) in [6, 6.07) is 21.7. The average molecular weight is 609 g/mol. The molecular weight excluding hydrogens is 581 g/mol. The fraction of sp³-hybridized carbons (Fsp3) is 0.167. The van der Waals surface area contributed by atoms with Crippen molar-refractivity contribution in [2.45, 2.75) is 38.7 Å². The number of ether oxygens (including phenoxy) is 1. The van der Waals surface area contributed by atoms with Crippen LogP contribution in [0.4, 0.5) is 30.7 Å². The molecule has 44 heavy (non-hydrogen) atoms. The molecular formula is C36H27F7O. The van der Waals surface area contributed by atoms with Gasteiger partial charge in [0.1, 0.15) is 28.8 Å². The Bertz CT molecular complexity index is 1740. The van der Waals surface area contributed by atoms with Crippen LogP contribution in [-0.4, -0.2) is 0 Å². The van der Waals surface area contributed by atoms with E-state index in [9.17, 15) is 30.7 Å². The third-order valence-corrected chi connectivity index (χ3v) is 7.32. The van der Waals surface area contributed by atoms with Gasteiger partial charge in [-0.25, -0.2) is 22.0 Å². The van der Waals surface area contributed by atoms with E-state index in [0.29, 0.717) is 11.6 Å². The maximum Gasteiger partial charge on any atom is 0.432 e. The minimum absolute atomic E-state index is 0.0410. The third-order valence-electron chi connectivity index (χ3n) is 7.32. The van der Waals surface area contributed by atoms with Crippen LogP contribution in [0.5, 0.6) is 5.75 Å². The minimum Gasteiger partial charge on any atom is -0.429 e. The van der Waals surface area contributed by atoms with Gasteiger partial charge < -0.3 is 4.74 Å². The quantitative estimate of drug-likeness (QED) is 0.113. The van der Waals surface area contributed by atoms with Crippen LogP contribution in [-0.2, 0) is 12.5 Å². The zero-order chi connectivity index (χ0) is 31.4. The maximum atomic E-state index is 15.0. The molecule has 0 saturated carbocycles. The molecule has 0 aliphatic carbocycles. The highest BCUT2D eigenvalue weighted by Crippen LogP contribution is 2.38. The molecule has 0 aliphatic heterocycles. The van der Waals surface area contributed by atoms with Crippen molar-refractivity contribution in [3.63, 3.8) is 0 Å². The predicted octanol–water partition coefficient (Wildman–Crippen LogP) is 11.2. The summed E-state index contributed by atoms with van der Waals surface area (Å²) in [4.78, 5) is 0. The monoisotopic (exact) mass is 608 g/mol. The van der Waals surface area contributed by atoms with Crippen molar-refractivity contribution in [1.29, 1.82) is 0 Å². The van der Waals surface area contributed by atoms with Gasteiger partial charge in [-0.05, 0) is 82.6 Å². The molecule has 0 N–H and O–H groups in total. The van der Waals surface area contributed by atoms with Gasteiger partial charge in [0.25, 0.3) is 0 Å². The van der Waals surface area contributed by atoms with E-state index in [-0.39, 0.29) is 16.7 Å². The van der Waals surface area contributed by atoms with Crippen molar-refractivity contribution < 1.29 is 35.5 Å². The van der Waals surface area contributed by atoms with Crippen LogP contribution in [0.15, 0.2) is 97.1 Å². The molecule has 5 rings (SSSR count). The third kappa shape index (κ3) is 6.80. The minimum atomic E-state index is -4.50. The number of hydrogen-bond acceptors (Lipinski definition) is 1. The van der Waals surface area contributed by atoms with Crippen LogP contribution >= 0.6 is 0 Å². The van der Waals surface area contributed by atoms with Crippen LogP contribution in [0, 0.1) is 29.1 Å². The number of rotatable bonds is 10. The molecule has 0 amide bonds. The topological polar surface area (TPSA) is 9.23 Å². The average Bonchev–Trinajstić information content (AvgIpc) is 2.98. The van der Waals surface area contributed by atoms with Crippen LogP contribution < -0.4 is 4.74 Å². The Morgan fingerprint density at radius 3 is 1.64 bits per heavy atom. The van der Waals surface area contributed by atoms with Crippen molar-refractivity contribution in [2.75, 3.05) is 0 Å². The van der Waals surface area contributed by atoms with Gasteiger partial charge in [0.2, 0.25) is 0 Å². The predicted molar refractivity (Wildman–Crippen MR) is 157 cm³/mol. The molecule has 5 aromatic carbocycles. The molecule has 226 valence electrons. The zero-order valence-corrected chi connectivity index (χ0v) is 23.6. The summed E-state index contributed by atoms with van der Waals surface area (Å²) in [6.07, 6.45) is -0.0443. The standard InChI is InChI=1S/C36H27F7O/c1-2-3-4-5-22-6-8-23(9-7-22)24-10-12-25(13-11-24)27-19-33(40)35(34(41)20-27)36(42,43)44-28-15-16-29(31(38)21-28)26-14-17-30(37)32(39)18-26/h6-21H,2-5H2,1H3. The smallest absolute Gasteiger partial charge is 0.429 e. The first-order valence-electron chi connectivity index (χ1n) is 14.1. The molecule has 0 heterocycles. The van der Waals surface area contributed by atoms with E-state index in [4.69, 9.17) is 0 Å². The van der Waals surface area contributed by atoms with Gasteiger partial charge in [-0.3, -0.25) is 0 Å². The lowest BCUT2D eigenvalue weighted by atomic mass is 9.97. The number of hydrogen-bond donors (Lipinski definition) is 0. The Hall–Kier alpha value is -4.59. The molecule has 0 bridgehead atoms. The van der Waals surface area contributed by atoms with Crippen molar-refractivity contribution >= 4 is 0 Å². The van der Waals surface area contributed by atoms with E-state index < -0.39 is 46.5 Å². The molecule has 0 radical (unpaired) electrons. The van der Waals surface area contributed by atoms with E-state index in [2.05, 4.69) is 23.8 Å². The van der Waals surface area contributed by atoms with Crippen molar-refractivity contribution in [1.82, 2.24) is 0 Å². The highest BCUT2D eigenvalue weighted by atomic mass is 19.3. The Morgan fingerprint density at radius 2 is 1.07 bits per heavy atom. The SMILES string of the molecule is CCCCCc1ccc(-c2ccc(-c3cc(F)c(C(F)(F)Oc4ccc(-c5ccc(F)c(F)c5)c(F)c4)c(F)c3)cc2)cc1. The lowest BCUT2D eigenvalue weighted by Crippen LogP contribution is -2.25. The molecule has 8 heteroatoms. The van der Waals surface area contributed by atoms with Crippen LogP contribution in [0.25, 0.3) is 33.4 Å². The molecule has 0 aliphatic rings. The molecule has 0 spiro atoms. The number of benzene rings is 5. The summed E-state index contributed by atoms with van der Waals surface area (Å²) in [6.45, 7) is 2.16. The molecule has 5 aromatic rings. The first-order chi connectivity index (χ1) is 21.1. The van der Waals surface area contributed by atoms with E-state index in [0.717, 1.165) is 72.9 Å². The number of aryl methyl sites for hydroxylation is 1. The van der Waals surface area contributed by atoms with Gasteiger partial charge in [0, 0.05) is 11.6 Å². The van der Waals surface area contributed by atoms with Gasteiger partial charge in [-0.15, -0.1) is 0 Å². The second-order valence-electron chi connectivity index (χ2n) is 10.4. The van der Waals surface area contributed by atoms with E-state index >= 15 is 0 Å². The fourth-order valence-corrected chi connectivity index (χ4v) is 4.97. The lowest BCUT2D eigenvalue weighted by Gasteiger charge is -2.20. The number of alkyl halides is 2. The summed E-state index contributed by atoms with van der Waals surface area (Å²) in [5.41, 5.74) is 1.65. The van der Waals surface area contributed by atoms with Gasteiger partial charge >= 0.3 is 6.11 Å². The first kappa shape index (κ1) is 30.9. The highest BCUT2D eigenvalue weighted by Gasteiger charge is 2.41. The van der Waals surface area contributed by atoms with Crippen molar-refractivity contribution in [3.05, 3.63) is 137 Å². The van der Waals surface area contributed by atoms with E-state index in [1.54, 1.807) is 24.3 Å². The van der Waals surface area contributed by atoms with Gasteiger partial charge in [0.05, 0.1) is 0 Å². The number of unbranched alkanes of at least 4 members (excludes halogenated alkanes) is 2. The van der Waals surface area contributed by atoms with E-state index in [1.807, 2.05) is 12.1 Å². The summed E-state index contributed by atoms with van der Waals surface area (Å²) < 4.78 is 106. The normalized spacial score (nSPS) is 11.5. The molecule has 0 atom stereocenters. The number of halogens is 7. The van der Waals surface area contributed by atoms with Crippen molar-refractivity contribution in [3.8, 4) is 39.1 Å². The van der Waals surface area contributed by atoms with Crippen LogP contribution in [0.1, 0.15) is 37.3 Å². The first-order valence-corrected chi connectivity index (χ1v) is 14.1. The van der Waals surface area contributed by atoms with Gasteiger partial charge in [-0.1, -0.05) is 74.4 Å². The zero-order valence-electron chi connectivity index (χ0n) is 23.6. The summed E-state index contributed by atoms with van der Waals surface area (Å²) in [5, 5.41) is 0. The lowest BCUT2D eigenvalue weighted by molar-refractivity contribution is -0.189. The van der Waals surface area contributed by atoms with Crippen molar-refractivity contribution in [2.24, 2.45) is 0 Å². The largest absolute Gasteiger partial charge is 0.432 e. The van der Waals surface area contributed by atoms with Crippen LogP contribution in [0.3, 0.4) is 0 Å². The molecule has 0 saturated heterocycles.